The van der Waals surface area contributed by atoms with Gasteiger partial charge in [-0.3, -0.25) is 9.59 Å². The van der Waals surface area contributed by atoms with E-state index in [1.54, 1.807) is 0 Å². The number of carbonyl (C=O) groups is 2. The van der Waals surface area contributed by atoms with Crippen LogP contribution < -0.4 is 5.32 Å². The smallest absolute Gasteiger partial charge is 0.308 e. The van der Waals surface area contributed by atoms with E-state index in [1.165, 1.54) is 23.8 Å². The number of benzene rings is 1. The third-order valence-electron chi connectivity index (χ3n) is 5.09. The Morgan fingerprint density at radius 1 is 1.04 bits per heavy atom. The molecule has 1 aromatic carbocycles. The Hall–Kier alpha value is -1.84. The molecule has 1 fully saturated rings. The van der Waals surface area contributed by atoms with E-state index in [-0.39, 0.29) is 23.7 Å². The first kappa shape index (κ1) is 18.5. The number of amides is 1. The van der Waals surface area contributed by atoms with E-state index < -0.39 is 0 Å². The van der Waals surface area contributed by atoms with Gasteiger partial charge in [-0.1, -0.05) is 31.5 Å². The third-order valence-corrected chi connectivity index (χ3v) is 5.09. The van der Waals surface area contributed by atoms with E-state index in [9.17, 15) is 9.59 Å². The monoisotopic (exact) mass is 331 g/mol. The summed E-state index contributed by atoms with van der Waals surface area (Å²) in [6.07, 6.45) is 4.78. The molecule has 4 heteroatoms. The largest absolute Gasteiger partial charge is 0.469 e. The molecule has 1 aliphatic carbocycles. The number of aryl methyl sites for hydroxylation is 3. The zero-order valence-electron chi connectivity index (χ0n) is 15.3. The van der Waals surface area contributed by atoms with E-state index in [0.29, 0.717) is 0 Å². The Morgan fingerprint density at radius 2 is 1.54 bits per heavy atom. The average Bonchev–Trinajstić information content (AvgIpc) is 2.61. The molecule has 1 aliphatic rings. The fraction of sp³-hybridized carbons (Fsp3) is 0.600. The minimum atomic E-state index is -0.145. The lowest BCUT2D eigenvalue weighted by molar-refractivity contribution is -0.147. The van der Waals surface area contributed by atoms with Crippen LogP contribution in [0, 0.1) is 18.8 Å². The molecular weight excluding hydrogens is 302 g/mol. The summed E-state index contributed by atoms with van der Waals surface area (Å²) in [4.78, 5) is 24.3. The van der Waals surface area contributed by atoms with Gasteiger partial charge in [0, 0.05) is 11.6 Å². The van der Waals surface area contributed by atoms with E-state index in [4.69, 9.17) is 4.74 Å². The van der Waals surface area contributed by atoms with Crippen molar-refractivity contribution in [2.45, 2.75) is 59.3 Å². The number of ether oxygens (including phenoxy) is 1. The van der Waals surface area contributed by atoms with Crippen LogP contribution in [0.2, 0.25) is 0 Å². The van der Waals surface area contributed by atoms with Crippen molar-refractivity contribution in [3.63, 3.8) is 0 Å². The molecule has 132 valence electrons. The minimum Gasteiger partial charge on any atom is -0.469 e. The van der Waals surface area contributed by atoms with Gasteiger partial charge in [0.25, 0.3) is 0 Å². The molecule has 0 aromatic heterocycles. The number of hydrogen-bond acceptors (Lipinski definition) is 3. The molecule has 24 heavy (non-hydrogen) atoms. The van der Waals surface area contributed by atoms with Crippen LogP contribution in [0.15, 0.2) is 12.1 Å². The highest BCUT2D eigenvalue weighted by molar-refractivity contribution is 5.94. The van der Waals surface area contributed by atoms with Crippen LogP contribution in [-0.2, 0) is 27.2 Å². The molecule has 0 heterocycles. The van der Waals surface area contributed by atoms with Crippen molar-refractivity contribution >= 4 is 17.6 Å². The zero-order valence-corrected chi connectivity index (χ0v) is 15.3. The second kappa shape index (κ2) is 8.32. The van der Waals surface area contributed by atoms with Gasteiger partial charge in [-0.25, -0.2) is 0 Å². The Balaban J connectivity index is 2.07. The maximum atomic E-state index is 12.7. The van der Waals surface area contributed by atoms with Gasteiger partial charge in [0.15, 0.2) is 0 Å². The first-order valence-electron chi connectivity index (χ1n) is 9.01. The summed E-state index contributed by atoms with van der Waals surface area (Å²) in [5.41, 5.74) is 4.62. The number of carbonyl (C=O) groups excluding carboxylic acids is 2. The van der Waals surface area contributed by atoms with Gasteiger partial charge in [0.2, 0.25) is 5.91 Å². The lowest BCUT2D eigenvalue weighted by atomic mass is 9.81. The van der Waals surface area contributed by atoms with Crippen molar-refractivity contribution in [2.75, 3.05) is 12.4 Å². The fourth-order valence-corrected chi connectivity index (χ4v) is 3.64. The van der Waals surface area contributed by atoms with Crippen molar-refractivity contribution in [3.8, 4) is 0 Å². The topological polar surface area (TPSA) is 55.4 Å². The average molecular weight is 331 g/mol. The summed E-state index contributed by atoms with van der Waals surface area (Å²) in [7, 11) is 1.43. The maximum absolute atomic E-state index is 12.7. The third kappa shape index (κ3) is 4.16. The molecule has 0 radical (unpaired) electrons. The normalized spacial score (nSPS) is 20.5. The van der Waals surface area contributed by atoms with Crippen molar-refractivity contribution in [1.82, 2.24) is 0 Å². The summed E-state index contributed by atoms with van der Waals surface area (Å²) < 4.78 is 4.81. The highest BCUT2D eigenvalue weighted by Crippen LogP contribution is 2.32. The lowest BCUT2D eigenvalue weighted by Crippen LogP contribution is -2.30. The van der Waals surface area contributed by atoms with E-state index in [2.05, 4.69) is 38.2 Å². The highest BCUT2D eigenvalue weighted by Gasteiger charge is 2.30. The van der Waals surface area contributed by atoms with Gasteiger partial charge in [-0.2, -0.15) is 0 Å². The standard InChI is InChI=1S/C20H29NO3/c1-5-14-11-13(3)12-15(6-2)18(14)21-19(22)16-7-9-17(10-8-16)20(23)24-4/h11-12,16-17H,5-10H2,1-4H3,(H,21,22). The first-order valence-corrected chi connectivity index (χ1v) is 9.01. The van der Waals surface area contributed by atoms with Crippen LogP contribution in [0.4, 0.5) is 5.69 Å². The molecular formula is C20H29NO3. The van der Waals surface area contributed by atoms with Crippen LogP contribution in [0.25, 0.3) is 0 Å². The molecule has 0 aliphatic heterocycles. The van der Waals surface area contributed by atoms with E-state index in [0.717, 1.165) is 44.2 Å². The molecule has 0 spiro atoms. The van der Waals surface area contributed by atoms with Crippen LogP contribution in [-0.4, -0.2) is 19.0 Å². The molecule has 0 unspecified atom stereocenters. The van der Waals surface area contributed by atoms with Crippen molar-refractivity contribution in [1.29, 1.82) is 0 Å². The molecule has 0 atom stereocenters. The minimum absolute atomic E-state index is 0.0124. The molecule has 1 amide bonds. The van der Waals surface area contributed by atoms with Gasteiger partial charge in [0.05, 0.1) is 13.0 Å². The second-order valence-electron chi connectivity index (χ2n) is 6.73. The Bertz CT molecular complexity index is 576. The predicted octanol–water partition coefficient (Wildman–Crippen LogP) is 4.04. The summed E-state index contributed by atoms with van der Waals surface area (Å²) >= 11 is 0. The number of hydrogen-bond donors (Lipinski definition) is 1. The van der Waals surface area contributed by atoms with Crippen LogP contribution in [0.3, 0.4) is 0 Å². The lowest BCUT2D eigenvalue weighted by Gasteiger charge is -2.27. The Kier molecular flexibility index (Phi) is 6.41. The van der Waals surface area contributed by atoms with Crippen molar-refractivity contribution in [3.05, 3.63) is 28.8 Å². The number of esters is 1. The summed E-state index contributed by atoms with van der Waals surface area (Å²) in [6.45, 7) is 6.33. The van der Waals surface area contributed by atoms with Crippen molar-refractivity contribution < 1.29 is 14.3 Å². The Morgan fingerprint density at radius 3 is 2.00 bits per heavy atom. The van der Waals surface area contributed by atoms with Gasteiger partial charge >= 0.3 is 5.97 Å². The number of rotatable bonds is 5. The van der Waals surface area contributed by atoms with Gasteiger partial charge in [-0.05, 0) is 56.6 Å². The summed E-state index contributed by atoms with van der Waals surface area (Å²) in [5, 5.41) is 3.18. The molecule has 0 saturated heterocycles. The van der Waals surface area contributed by atoms with E-state index >= 15 is 0 Å². The van der Waals surface area contributed by atoms with Gasteiger partial charge in [-0.15, -0.1) is 0 Å². The fourth-order valence-electron chi connectivity index (χ4n) is 3.64. The number of anilines is 1. The van der Waals surface area contributed by atoms with Crippen LogP contribution in [0.1, 0.15) is 56.2 Å². The quantitative estimate of drug-likeness (QED) is 0.829. The van der Waals surface area contributed by atoms with Gasteiger partial charge in [0.1, 0.15) is 0 Å². The summed E-state index contributed by atoms with van der Waals surface area (Å²) in [6, 6.07) is 4.31. The van der Waals surface area contributed by atoms with Crippen molar-refractivity contribution in [2.24, 2.45) is 11.8 Å². The molecule has 1 aromatic rings. The SMILES string of the molecule is CCc1cc(C)cc(CC)c1NC(=O)C1CCC(C(=O)OC)CC1. The molecule has 1 saturated carbocycles. The summed E-state index contributed by atoms with van der Waals surface area (Å²) in [5.74, 6) is -0.113. The molecule has 4 nitrogen and oxygen atoms in total. The predicted molar refractivity (Wildman–Crippen MR) is 96.0 cm³/mol. The first-order chi connectivity index (χ1) is 11.5. The Labute approximate surface area is 145 Å². The molecule has 2 rings (SSSR count). The zero-order chi connectivity index (χ0) is 17.7. The van der Waals surface area contributed by atoms with E-state index in [1.807, 2.05) is 0 Å². The van der Waals surface area contributed by atoms with Crippen LogP contribution in [0.5, 0.6) is 0 Å². The molecule has 0 bridgehead atoms. The van der Waals surface area contributed by atoms with Crippen LogP contribution >= 0.6 is 0 Å². The highest BCUT2D eigenvalue weighted by atomic mass is 16.5. The second-order valence-corrected chi connectivity index (χ2v) is 6.73. The maximum Gasteiger partial charge on any atom is 0.308 e. The number of nitrogens with one attached hydrogen (secondary N) is 1. The van der Waals surface area contributed by atoms with Gasteiger partial charge < -0.3 is 10.1 Å². The molecule has 1 N–H and O–H groups in total. The number of methoxy groups -OCH3 is 1.